The van der Waals surface area contributed by atoms with E-state index in [1.54, 1.807) is 21.6 Å². The van der Waals surface area contributed by atoms with Crippen molar-refractivity contribution >= 4 is 57.5 Å². The predicted molar refractivity (Wildman–Crippen MR) is 160 cm³/mol. The molecule has 0 bridgehead atoms. The summed E-state index contributed by atoms with van der Waals surface area (Å²) >= 11 is 8.50. The van der Waals surface area contributed by atoms with Gasteiger partial charge in [0.25, 0.3) is 5.24 Å². The summed E-state index contributed by atoms with van der Waals surface area (Å²) in [5.41, 5.74) is -0.970. The first-order valence-electron chi connectivity index (χ1n) is 13.6. The number of hydrogen-bond acceptors (Lipinski definition) is 8. The quantitative estimate of drug-likeness (QED) is 0.289. The van der Waals surface area contributed by atoms with Crippen molar-refractivity contribution in [3.63, 3.8) is 0 Å². The predicted octanol–water partition coefficient (Wildman–Crippen LogP) is 5.62. The molecule has 0 radical (unpaired) electrons. The summed E-state index contributed by atoms with van der Waals surface area (Å²) in [5, 5.41) is 6.92. The van der Waals surface area contributed by atoms with Gasteiger partial charge in [-0.1, -0.05) is 35.7 Å². The van der Waals surface area contributed by atoms with Crippen LogP contribution in [0.25, 0.3) is 0 Å². The second-order valence-corrected chi connectivity index (χ2v) is 15.0. The molecule has 0 aromatic heterocycles. The van der Waals surface area contributed by atoms with Crippen LogP contribution in [0.5, 0.6) is 0 Å². The van der Waals surface area contributed by atoms with Crippen molar-refractivity contribution in [2.75, 3.05) is 39.3 Å². The van der Waals surface area contributed by atoms with E-state index in [1.807, 2.05) is 41.5 Å². The van der Waals surface area contributed by atoms with E-state index >= 15 is 0 Å². The van der Waals surface area contributed by atoms with E-state index in [2.05, 4.69) is 10.6 Å². The van der Waals surface area contributed by atoms with Crippen molar-refractivity contribution in [1.82, 2.24) is 20.4 Å². The summed E-state index contributed by atoms with van der Waals surface area (Å²) in [7, 11) is 0. The highest BCUT2D eigenvalue weighted by atomic mass is 32.2. The maximum atomic E-state index is 12.3. The Labute approximate surface area is 242 Å². The third kappa shape index (κ3) is 13.6. The Kier molecular flexibility index (Phi) is 13.3. The minimum absolute atomic E-state index is 0.00234. The number of piperidine rings is 2. The zero-order valence-electron chi connectivity index (χ0n) is 23.8. The van der Waals surface area contributed by atoms with Gasteiger partial charge in [0.05, 0.1) is 0 Å². The first-order chi connectivity index (χ1) is 17.7. The van der Waals surface area contributed by atoms with Gasteiger partial charge >= 0.3 is 12.2 Å². The van der Waals surface area contributed by atoms with Gasteiger partial charge in [0.15, 0.2) is 0 Å². The number of nitrogens with zero attached hydrogens (tertiary/aromatic N) is 2. The summed E-state index contributed by atoms with van der Waals surface area (Å²) in [6, 6.07) is 0. The number of thiocarbonyl (C=S) groups is 1. The van der Waals surface area contributed by atoms with Gasteiger partial charge in [-0.15, -0.1) is 0 Å². The van der Waals surface area contributed by atoms with Crippen LogP contribution in [0.2, 0.25) is 0 Å². The van der Waals surface area contributed by atoms with Gasteiger partial charge < -0.3 is 29.9 Å². The molecule has 2 fully saturated rings. The fourth-order valence-electron chi connectivity index (χ4n) is 3.98. The molecule has 9 nitrogen and oxygen atoms in total. The zero-order valence-corrected chi connectivity index (χ0v) is 26.2. The monoisotopic (exact) mass is 590 g/mol. The van der Waals surface area contributed by atoms with Crippen LogP contribution >= 0.6 is 35.7 Å². The number of amides is 3. The highest BCUT2D eigenvalue weighted by Crippen LogP contribution is 2.26. The molecule has 0 spiro atoms. The summed E-state index contributed by atoms with van der Waals surface area (Å²) in [6.07, 6.45) is 4.64. The molecule has 12 heteroatoms. The van der Waals surface area contributed by atoms with Gasteiger partial charge in [0, 0.05) is 49.8 Å². The van der Waals surface area contributed by atoms with Gasteiger partial charge in [0.1, 0.15) is 15.5 Å². The highest BCUT2D eigenvalue weighted by molar-refractivity contribution is 8.23. The number of carbonyl (C=O) groups is 3. The van der Waals surface area contributed by atoms with E-state index in [0.29, 0.717) is 38.0 Å². The molecule has 0 saturated carbocycles. The van der Waals surface area contributed by atoms with Gasteiger partial charge in [-0.25, -0.2) is 9.59 Å². The van der Waals surface area contributed by atoms with Crippen molar-refractivity contribution in [2.24, 2.45) is 0 Å². The Bertz CT molecular complexity index is 734. The molecule has 2 heterocycles. The average Bonchev–Trinajstić information content (AvgIpc) is 2.80. The molecule has 0 aromatic carbocycles. The molecular formula is C26H46N4O5S3. The van der Waals surface area contributed by atoms with Crippen LogP contribution in [-0.4, -0.2) is 92.5 Å². The van der Waals surface area contributed by atoms with Crippen LogP contribution in [-0.2, 0) is 9.47 Å². The second kappa shape index (κ2) is 15.4. The van der Waals surface area contributed by atoms with Gasteiger partial charge in [-0.3, -0.25) is 4.79 Å². The molecule has 0 atom stereocenters. The molecule has 2 N–H and O–H groups in total. The van der Waals surface area contributed by atoms with Crippen molar-refractivity contribution in [1.29, 1.82) is 0 Å². The first kappa shape index (κ1) is 32.8. The van der Waals surface area contributed by atoms with Crippen molar-refractivity contribution in [3.05, 3.63) is 0 Å². The molecule has 2 aliphatic heterocycles. The van der Waals surface area contributed by atoms with E-state index < -0.39 is 11.2 Å². The number of nitrogens with one attached hydrogen (secondary N) is 2. The third-order valence-electron chi connectivity index (χ3n) is 5.88. The van der Waals surface area contributed by atoms with Crippen LogP contribution in [0.4, 0.5) is 14.4 Å². The Morgan fingerprint density at radius 2 is 1.13 bits per heavy atom. The summed E-state index contributed by atoms with van der Waals surface area (Å²) in [4.78, 5) is 40.2. The summed E-state index contributed by atoms with van der Waals surface area (Å²) in [6.45, 7) is 15.3. The van der Waals surface area contributed by atoms with E-state index in [1.165, 1.54) is 11.8 Å². The lowest BCUT2D eigenvalue weighted by molar-refractivity contribution is 0.0209. The molecule has 3 amide bonds. The van der Waals surface area contributed by atoms with Crippen molar-refractivity contribution < 1.29 is 23.9 Å². The number of likely N-dealkylation sites (tertiary alicyclic amines) is 2. The molecule has 2 saturated heterocycles. The maximum Gasteiger partial charge on any atom is 0.410 e. The number of rotatable bonds is 7. The standard InChI is InChI=1S/C26H46N4O5S3/c1-25(2,3)34-23(32)29-15-9-19(10-16-29)37-21(31)27-13-7-8-14-28-22(36)38-20-11-17-30(18-12-20)24(33)35-26(4,5)6/h19-20H,7-18H2,1-6H3,(H,27,31)(H,28,36). The van der Waals surface area contributed by atoms with Crippen molar-refractivity contribution in [3.8, 4) is 0 Å². The van der Waals surface area contributed by atoms with E-state index in [9.17, 15) is 14.4 Å². The highest BCUT2D eigenvalue weighted by Gasteiger charge is 2.29. The molecule has 0 aromatic rings. The SMILES string of the molecule is CC(C)(C)OC(=O)N1CCC(SC(=O)NCCCCNC(=S)SC2CCN(C(=O)OC(C)(C)C)CC2)CC1. The maximum absolute atomic E-state index is 12.3. The molecule has 2 aliphatic rings. The van der Waals surface area contributed by atoms with Gasteiger partial charge in [-0.2, -0.15) is 0 Å². The lowest BCUT2D eigenvalue weighted by Gasteiger charge is -2.33. The Balaban J connectivity index is 1.48. The van der Waals surface area contributed by atoms with Gasteiger partial charge in [-0.05, 0) is 80.1 Å². The molecule has 0 unspecified atom stereocenters. The first-order valence-corrected chi connectivity index (χ1v) is 15.7. The van der Waals surface area contributed by atoms with E-state index in [4.69, 9.17) is 21.7 Å². The van der Waals surface area contributed by atoms with Crippen LogP contribution in [0.1, 0.15) is 80.1 Å². The largest absolute Gasteiger partial charge is 0.444 e. The Morgan fingerprint density at radius 1 is 0.737 bits per heavy atom. The number of unbranched alkanes of at least 4 members (excludes halogenated alkanes) is 1. The van der Waals surface area contributed by atoms with E-state index in [-0.39, 0.29) is 22.7 Å². The number of thioether (sulfide) groups is 2. The minimum atomic E-state index is -0.496. The second-order valence-electron chi connectivity index (χ2n) is 11.7. The van der Waals surface area contributed by atoms with Crippen molar-refractivity contribution in [2.45, 2.75) is 102 Å². The number of carbonyl (C=O) groups excluding carboxylic acids is 3. The summed E-state index contributed by atoms with van der Waals surface area (Å²) in [5.74, 6) is 0. The topological polar surface area (TPSA) is 100 Å². The molecule has 2 rings (SSSR count). The van der Waals surface area contributed by atoms with E-state index in [0.717, 1.165) is 49.4 Å². The fourth-order valence-corrected chi connectivity index (χ4v) is 6.36. The Hall–Kier alpha value is -1.40. The molecule has 218 valence electrons. The smallest absolute Gasteiger partial charge is 0.410 e. The minimum Gasteiger partial charge on any atom is -0.444 e. The molecule has 38 heavy (non-hydrogen) atoms. The third-order valence-corrected chi connectivity index (χ3v) is 8.64. The normalized spacial score (nSPS) is 17.6. The number of ether oxygens (including phenoxy) is 2. The fraction of sp³-hybridized carbons (Fsp3) is 0.846. The van der Waals surface area contributed by atoms with Crippen LogP contribution < -0.4 is 10.6 Å². The number of hydrogen-bond donors (Lipinski definition) is 2. The zero-order chi connectivity index (χ0) is 28.3. The summed E-state index contributed by atoms with van der Waals surface area (Å²) < 4.78 is 11.7. The van der Waals surface area contributed by atoms with Crippen LogP contribution in [0.3, 0.4) is 0 Å². The lowest BCUT2D eigenvalue weighted by Crippen LogP contribution is -2.42. The molecular weight excluding hydrogens is 545 g/mol. The Morgan fingerprint density at radius 3 is 1.55 bits per heavy atom. The average molecular weight is 591 g/mol. The van der Waals surface area contributed by atoms with Crippen LogP contribution in [0.15, 0.2) is 0 Å². The molecule has 0 aliphatic carbocycles. The van der Waals surface area contributed by atoms with Gasteiger partial charge in [0.2, 0.25) is 0 Å². The van der Waals surface area contributed by atoms with Crippen LogP contribution in [0, 0.1) is 0 Å². The lowest BCUT2D eigenvalue weighted by atomic mass is 10.1.